The smallest absolute Gasteiger partial charge is 0.234 e. The molecule has 0 spiro atoms. The van der Waals surface area contributed by atoms with Gasteiger partial charge in [-0.2, -0.15) is 5.10 Å². The van der Waals surface area contributed by atoms with E-state index in [2.05, 4.69) is 48.3 Å². The molecule has 2 aromatic rings. The van der Waals surface area contributed by atoms with Crippen LogP contribution in [-0.2, 0) is 4.79 Å². The number of rotatable bonds is 7. The van der Waals surface area contributed by atoms with E-state index in [1.807, 2.05) is 31.0 Å². The highest BCUT2D eigenvalue weighted by molar-refractivity contribution is 5.78. The number of benzene rings is 1. The minimum absolute atomic E-state index is 0.0600. The van der Waals surface area contributed by atoms with Crippen molar-refractivity contribution in [2.24, 2.45) is 5.92 Å². The number of likely N-dealkylation sites (N-methyl/N-ethyl adjacent to an activating group) is 1. The van der Waals surface area contributed by atoms with Gasteiger partial charge in [-0.15, -0.1) is 0 Å². The Bertz CT molecular complexity index is 636. The lowest BCUT2D eigenvalue weighted by Gasteiger charge is -2.26. The maximum Gasteiger partial charge on any atom is 0.234 e. The minimum Gasteiger partial charge on any atom is -0.352 e. The SMILES string of the molecule is CC(C)C(C)NC(=O)CN(C)C(C)c1ccc(-n2cncn2)cc1. The first-order chi connectivity index (χ1) is 11.4. The molecule has 1 amide bonds. The van der Waals surface area contributed by atoms with Crippen LogP contribution in [0.1, 0.15) is 39.3 Å². The van der Waals surface area contributed by atoms with Crippen LogP contribution in [-0.4, -0.2) is 45.2 Å². The molecule has 2 unspecified atom stereocenters. The van der Waals surface area contributed by atoms with Crippen molar-refractivity contribution in [1.82, 2.24) is 25.0 Å². The summed E-state index contributed by atoms with van der Waals surface area (Å²) >= 11 is 0. The van der Waals surface area contributed by atoms with E-state index in [-0.39, 0.29) is 18.0 Å². The third kappa shape index (κ3) is 4.64. The summed E-state index contributed by atoms with van der Waals surface area (Å²) < 4.78 is 1.72. The zero-order valence-corrected chi connectivity index (χ0v) is 15.1. The van der Waals surface area contributed by atoms with Gasteiger partial charge in [0.15, 0.2) is 0 Å². The van der Waals surface area contributed by atoms with Gasteiger partial charge in [-0.1, -0.05) is 26.0 Å². The molecule has 0 radical (unpaired) electrons. The highest BCUT2D eigenvalue weighted by Crippen LogP contribution is 2.20. The van der Waals surface area contributed by atoms with Crippen molar-refractivity contribution in [3.63, 3.8) is 0 Å². The molecule has 1 heterocycles. The first-order valence-electron chi connectivity index (χ1n) is 8.33. The van der Waals surface area contributed by atoms with Crippen molar-refractivity contribution >= 4 is 5.91 Å². The van der Waals surface area contributed by atoms with Crippen LogP contribution in [0, 0.1) is 5.92 Å². The van der Waals surface area contributed by atoms with Gasteiger partial charge in [0, 0.05) is 12.1 Å². The second-order valence-corrected chi connectivity index (χ2v) is 6.62. The quantitative estimate of drug-likeness (QED) is 0.847. The molecular formula is C18H27N5O. The number of aromatic nitrogens is 3. The molecule has 0 aliphatic heterocycles. The Morgan fingerprint density at radius 2 is 1.88 bits per heavy atom. The van der Waals surface area contributed by atoms with Crippen LogP contribution in [0.2, 0.25) is 0 Å². The van der Waals surface area contributed by atoms with Crippen molar-refractivity contribution in [3.05, 3.63) is 42.5 Å². The summed E-state index contributed by atoms with van der Waals surface area (Å²) in [4.78, 5) is 18.1. The molecule has 0 fully saturated rings. The molecule has 0 saturated carbocycles. The second-order valence-electron chi connectivity index (χ2n) is 6.62. The molecule has 2 rings (SSSR count). The van der Waals surface area contributed by atoms with Gasteiger partial charge in [0.2, 0.25) is 5.91 Å². The molecule has 0 aliphatic carbocycles. The van der Waals surface area contributed by atoms with Gasteiger partial charge in [0.25, 0.3) is 0 Å². The monoisotopic (exact) mass is 329 g/mol. The van der Waals surface area contributed by atoms with Gasteiger partial charge in [0.05, 0.1) is 12.2 Å². The Morgan fingerprint density at radius 1 is 1.21 bits per heavy atom. The molecule has 130 valence electrons. The standard InChI is InChI=1S/C18H27N5O/c1-13(2)14(3)21-18(24)10-22(5)15(4)16-6-8-17(9-7-16)23-12-19-11-20-23/h6-9,11-15H,10H2,1-5H3,(H,21,24). The van der Waals surface area contributed by atoms with E-state index in [0.29, 0.717) is 12.5 Å². The number of amides is 1. The molecule has 0 bridgehead atoms. The van der Waals surface area contributed by atoms with Crippen LogP contribution >= 0.6 is 0 Å². The third-order valence-electron chi connectivity index (χ3n) is 4.50. The number of carbonyl (C=O) groups excluding carboxylic acids is 1. The van der Waals surface area contributed by atoms with Crippen molar-refractivity contribution in [2.45, 2.75) is 39.8 Å². The Balaban J connectivity index is 1.95. The third-order valence-corrected chi connectivity index (χ3v) is 4.50. The van der Waals surface area contributed by atoms with Gasteiger partial charge >= 0.3 is 0 Å². The number of hydrogen-bond donors (Lipinski definition) is 1. The largest absolute Gasteiger partial charge is 0.352 e. The molecule has 0 aliphatic rings. The van der Waals surface area contributed by atoms with E-state index >= 15 is 0 Å². The van der Waals surface area contributed by atoms with E-state index in [1.165, 1.54) is 6.33 Å². The predicted octanol–water partition coefficient (Wildman–Crippen LogP) is 2.42. The van der Waals surface area contributed by atoms with Crippen LogP contribution in [0.4, 0.5) is 0 Å². The lowest BCUT2D eigenvalue weighted by molar-refractivity contribution is -0.123. The van der Waals surface area contributed by atoms with Crippen molar-refractivity contribution in [1.29, 1.82) is 0 Å². The maximum atomic E-state index is 12.1. The zero-order valence-electron chi connectivity index (χ0n) is 15.1. The van der Waals surface area contributed by atoms with Crippen LogP contribution in [0.25, 0.3) is 5.69 Å². The second kappa shape index (κ2) is 8.06. The summed E-state index contributed by atoms with van der Waals surface area (Å²) in [6.07, 6.45) is 3.19. The fourth-order valence-corrected chi connectivity index (χ4v) is 2.33. The molecule has 6 nitrogen and oxygen atoms in total. The van der Waals surface area contributed by atoms with Crippen LogP contribution in [0.15, 0.2) is 36.9 Å². The lowest BCUT2D eigenvalue weighted by Crippen LogP contribution is -2.42. The van der Waals surface area contributed by atoms with Crippen molar-refractivity contribution in [3.8, 4) is 5.69 Å². The Morgan fingerprint density at radius 3 is 2.42 bits per heavy atom. The summed E-state index contributed by atoms with van der Waals surface area (Å²) in [6.45, 7) is 8.73. The van der Waals surface area contributed by atoms with E-state index in [9.17, 15) is 4.79 Å². The van der Waals surface area contributed by atoms with E-state index in [1.54, 1.807) is 11.0 Å². The van der Waals surface area contributed by atoms with E-state index in [4.69, 9.17) is 0 Å². The number of carbonyl (C=O) groups is 1. The van der Waals surface area contributed by atoms with Gasteiger partial charge in [-0.05, 0) is 44.5 Å². The van der Waals surface area contributed by atoms with Crippen LogP contribution in [0.3, 0.4) is 0 Å². The lowest BCUT2D eigenvalue weighted by atomic mass is 10.1. The van der Waals surface area contributed by atoms with Gasteiger partial charge in [-0.3, -0.25) is 9.69 Å². The molecular weight excluding hydrogens is 302 g/mol. The fourth-order valence-electron chi connectivity index (χ4n) is 2.33. The van der Waals surface area contributed by atoms with Gasteiger partial charge in [-0.25, -0.2) is 9.67 Å². The first-order valence-corrected chi connectivity index (χ1v) is 8.33. The van der Waals surface area contributed by atoms with Gasteiger partial charge < -0.3 is 5.32 Å². The minimum atomic E-state index is 0.0600. The topological polar surface area (TPSA) is 63.1 Å². The average molecular weight is 329 g/mol. The van der Waals surface area contributed by atoms with Crippen molar-refractivity contribution in [2.75, 3.05) is 13.6 Å². The van der Waals surface area contributed by atoms with Crippen molar-refractivity contribution < 1.29 is 4.79 Å². The molecule has 6 heteroatoms. The average Bonchev–Trinajstić information content (AvgIpc) is 3.08. The molecule has 1 N–H and O–H groups in total. The number of hydrogen-bond acceptors (Lipinski definition) is 4. The maximum absolute atomic E-state index is 12.1. The Hall–Kier alpha value is -2.21. The predicted molar refractivity (Wildman–Crippen MR) is 94.8 cm³/mol. The molecule has 2 atom stereocenters. The highest BCUT2D eigenvalue weighted by atomic mass is 16.2. The highest BCUT2D eigenvalue weighted by Gasteiger charge is 2.17. The van der Waals surface area contributed by atoms with E-state index < -0.39 is 0 Å². The summed E-state index contributed by atoms with van der Waals surface area (Å²) in [5.41, 5.74) is 2.13. The zero-order chi connectivity index (χ0) is 17.7. The summed E-state index contributed by atoms with van der Waals surface area (Å²) in [5, 5.41) is 7.16. The number of nitrogens with one attached hydrogen (secondary N) is 1. The normalized spacial score (nSPS) is 14.0. The van der Waals surface area contributed by atoms with Gasteiger partial charge in [0.1, 0.15) is 12.7 Å². The van der Waals surface area contributed by atoms with Crippen LogP contribution < -0.4 is 5.32 Å². The molecule has 0 saturated heterocycles. The first kappa shape index (κ1) is 18.1. The Labute approximate surface area is 143 Å². The molecule has 1 aromatic carbocycles. The molecule has 24 heavy (non-hydrogen) atoms. The molecule has 1 aromatic heterocycles. The summed E-state index contributed by atoms with van der Waals surface area (Å²) in [7, 11) is 1.97. The fraction of sp³-hybridized carbons (Fsp3) is 0.500. The Kier molecular flexibility index (Phi) is 6.09. The van der Waals surface area contributed by atoms with Crippen LogP contribution in [0.5, 0.6) is 0 Å². The number of nitrogens with zero attached hydrogens (tertiary/aromatic N) is 4. The van der Waals surface area contributed by atoms with E-state index in [0.717, 1.165) is 11.3 Å². The summed E-state index contributed by atoms with van der Waals surface area (Å²) in [6, 6.07) is 8.47. The summed E-state index contributed by atoms with van der Waals surface area (Å²) in [5.74, 6) is 0.491.